The first-order chi connectivity index (χ1) is 9.20. The van der Waals surface area contributed by atoms with E-state index in [2.05, 4.69) is 16.3 Å². The lowest BCUT2D eigenvalue weighted by Crippen LogP contribution is -2.39. The van der Waals surface area contributed by atoms with Gasteiger partial charge in [-0.05, 0) is 30.5 Å². The minimum absolute atomic E-state index is 0.0875. The largest absolute Gasteiger partial charge is 0.371 e. The van der Waals surface area contributed by atoms with Gasteiger partial charge in [0.25, 0.3) is 0 Å². The summed E-state index contributed by atoms with van der Waals surface area (Å²) in [6.07, 6.45) is 5.47. The lowest BCUT2D eigenvalue weighted by Gasteiger charge is -2.33. The number of likely N-dealkylation sites (N-methyl/N-ethyl adjacent to an activating group) is 1. The van der Waals surface area contributed by atoms with Crippen LogP contribution in [-0.2, 0) is 4.79 Å². The lowest BCUT2D eigenvalue weighted by atomic mass is 10.0. The van der Waals surface area contributed by atoms with Gasteiger partial charge in [-0.15, -0.1) is 0 Å². The second kappa shape index (κ2) is 6.38. The van der Waals surface area contributed by atoms with E-state index in [1.54, 1.807) is 13.1 Å². The highest BCUT2D eigenvalue weighted by Crippen LogP contribution is 2.24. The molecule has 1 heterocycles. The van der Waals surface area contributed by atoms with Crippen molar-refractivity contribution in [1.29, 1.82) is 0 Å². The Morgan fingerprint density at radius 2 is 2.05 bits per heavy atom. The first-order valence-electron chi connectivity index (χ1n) is 6.70. The topological polar surface area (TPSA) is 58.4 Å². The zero-order valence-electron chi connectivity index (χ0n) is 11.3. The molecule has 1 aromatic carbocycles. The second-order valence-corrected chi connectivity index (χ2v) is 4.83. The summed E-state index contributed by atoms with van der Waals surface area (Å²) in [5, 5.41) is 2.58. The third kappa shape index (κ3) is 3.58. The van der Waals surface area contributed by atoms with Crippen LogP contribution in [0.1, 0.15) is 18.4 Å². The minimum atomic E-state index is -0.0875. The van der Waals surface area contributed by atoms with Gasteiger partial charge in [-0.2, -0.15) is 0 Å². The molecule has 0 aliphatic carbocycles. The van der Waals surface area contributed by atoms with Gasteiger partial charge in [0.1, 0.15) is 0 Å². The van der Waals surface area contributed by atoms with Gasteiger partial charge in [0.05, 0.1) is 0 Å². The fourth-order valence-electron chi connectivity index (χ4n) is 2.31. The van der Waals surface area contributed by atoms with Crippen LogP contribution < -0.4 is 16.0 Å². The predicted molar refractivity (Wildman–Crippen MR) is 79.0 cm³/mol. The Hall–Kier alpha value is -1.81. The van der Waals surface area contributed by atoms with E-state index in [9.17, 15) is 4.79 Å². The molecule has 1 fully saturated rings. The molecule has 0 spiro atoms. The number of para-hydroxylation sites is 1. The molecule has 102 valence electrons. The molecule has 4 nitrogen and oxygen atoms in total. The molecule has 0 saturated carbocycles. The number of nitrogens with two attached hydrogens (primary N) is 1. The van der Waals surface area contributed by atoms with Crippen LogP contribution in [-0.4, -0.2) is 32.1 Å². The summed E-state index contributed by atoms with van der Waals surface area (Å²) in [6, 6.07) is 8.47. The molecule has 0 radical (unpaired) electrons. The smallest absolute Gasteiger partial charge is 0.243 e. The number of amides is 1. The van der Waals surface area contributed by atoms with Crippen molar-refractivity contribution < 1.29 is 4.79 Å². The van der Waals surface area contributed by atoms with Gasteiger partial charge >= 0.3 is 0 Å². The van der Waals surface area contributed by atoms with Crippen molar-refractivity contribution in [3.8, 4) is 0 Å². The molecule has 2 rings (SSSR count). The molecule has 19 heavy (non-hydrogen) atoms. The van der Waals surface area contributed by atoms with Gasteiger partial charge in [0, 0.05) is 37.9 Å². The first-order valence-corrected chi connectivity index (χ1v) is 6.70. The summed E-state index contributed by atoms with van der Waals surface area (Å²) in [5.41, 5.74) is 8.18. The van der Waals surface area contributed by atoms with Crippen LogP contribution in [0, 0.1) is 0 Å². The maximum atomic E-state index is 11.3. The summed E-state index contributed by atoms with van der Waals surface area (Å²) in [5.74, 6) is -0.0875. The molecule has 0 atom stereocenters. The SMILES string of the molecule is CNC(=O)/C=C/c1ccccc1N1CCC(N)CC1. The zero-order chi connectivity index (χ0) is 13.7. The van der Waals surface area contributed by atoms with Gasteiger partial charge < -0.3 is 16.0 Å². The highest BCUT2D eigenvalue weighted by atomic mass is 16.1. The van der Waals surface area contributed by atoms with E-state index in [1.807, 2.05) is 24.3 Å². The van der Waals surface area contributed by atoms with E-state index in [0.29, 0.717) is 6.04 Å². The average molecular weight is 259 g/mol. The van der Waals surface area contributed by atoms with Crippen molar-refractivity contribution in [1.82, 2.24) is 5.32 Å². The van der Waals surface area contributed by atoms with Crippen LogP contribution in [0.15, 0.2) is 30.3 Å². The third-order valence-corrected chi connectivity index (χ3v) is 3.48. The highest BCUT2D eigenvalue weighted by Gasteiger charge is 2.17. The average Bonchev–Trinajstić information content (AvgIpc) is 2.46. The van der Waals surface area contributed by atoms with Crippen LogP contribution >= 0.6 is 0 Å². The van der Waals surface area contributed by atoms with Crippen molar-refractivity contribution >= 4 is 17.7 Å². The first kappa shape index (κ1) is 13.6. The predicted octanol–water partition coefficient (Wildman–Crippen LogP) is 1.37. The van der Waals surface area contributed by atoms with Crippen LogP contribution in [0.25, 0.3) is 6.08 Å². The standard InChI is InChI=1S/C15H21N3O/c1-17-15(19)7-6-12-4-2-3-5-14(12)18-10-8-13(16)9-11-18/h2-7,13H,8-11,16H2,1H3,(H,17,19)/b7-6+. The van der Waals surface area contributed by atoms with E-state index >= 15 is 0 Å². The Kier molecular flexibility index (Phi) is 4.58. The van der Waals surface area contributed by atoms with E-state index in [-0.39, 0.29) is 5.91 Å². The zero-order valence-corrected chi connectivity index (χ0v) is 11.3. The van der Waals surface area contributed by atoms with Gasteiger partial charge in [-0.1, -0.05) is 18.2 Å². The number of piperidine rings is 1. The minimum Gasteiger partial charge on any atom is -0.371 e. The summed E-state index contributed by atoms with van der Waals surface area (Å²) in [4.78, 5) is 13.6. The molecule has 0 aromatic heterocycles. The van der Waals surface area contributed by atoms with Crippen LogP contribution in [0.2, 0.25) is 0 Å². The van der Waals surface area contributed by atoms with Crippen molar-refractivity contribution in [3.05, 3.63) is 35.9 Å². The molecule has 1 aliphatic rings. The van der Waals surface area contributed by atoms with E-state index < -0.39 is 0 Å². The summed E-state index contributed by atoms with van der Waals surface area (Å²) in [6.45, 7) is 1.96. The summed E-state index contributed by atoms with van der Waals surface area (Å²) < 4.78 is 0. The van der Waals surface area contributed by atoms with Gasteiger partial charge in [-0.3, -0.25) is 4.79 Å². The second-order valence-electron chi connectivity index (χ2n) is 4.83. The Morgan fingerprint density at radius 1 is 1.37 bits per heavy atom. The molecule has 1 saturated heterocycles. The number of hydrogen-bond donors (Lipinski definition) is 2. The quantitative estimate of drug-likeness (QED) is 0.806. The molecule has 3 N–H and O–H groups in total. The Morgan fingerprint density at radius 3 is 2.74 bits per heavy atom. The summed E-state index contributed by atoms with van der Waals surface area (Å²) in [7, 11) is 1.63. The molecule has 0 unspecified atom stereocenters. The summed E-state index contributed by atoms with van der Waals surface area (Å²) >= 11 is 0. The highest BCUT2D eigenvalue weighted by molar-refractivity contribution is 5.92. The van der Waals surface area contributed by atoms with Crippen molar-refractivity contribution in [2.24, 2.45) is 5.73 Å². The van der Waals surface area contributed by atoms with E-state index in [0.717, 1.165) is 31.5 Å². The molecule has 1 aromatic rings. The number of benzene rings is 1. The number of carbonyl (C=O) groups is 1. The van der Waals surface area contributed by atoms with Crippen LogP contribution in [0.5, 0.6) is 0 Å². The fourth-order valence-corrected chi connectivity index (χ4v) is 2.31. The van der Waals surface area contributed by atoms with Crippen molar-refractivity contribution in [2.45, 2.75) is 18.9 Å². The van der Waals surface area contributed by atoms with Gasteiger partial charge in [0.2, 0.25) is 5.91 Å². The number of nitrogens with one attached hydrogen (secondary N) is 1. The van der Waals surface area contributed by atoms with Gasteiger partial charge in [0.15, 0.2) is 0 Å². The number of rotatable bonds is 3. The monoisotopic (exact) mass is 259 g/mol. The maximum absolute atomic E-state index is 11.3. The van der Waals surface area contributed by atoms with Crippen LogP contribution in [0.3, 0.4) is 0 Å². The number of hydrogen-bond acceptors (Lipinski definition) is 3. The normalized spacial score (nSPS) is 16.8. The van der Waals surface area contributed by atoms with Gasteiger partial charge in [-0.25, -0.2) is 0 Å². The fraction of sp³-hybridized carbons (Fsp3) is 0.400. The van der Waals surface area contributed by atoms with Crippen molar-refractivity contribution in [3.63, 3.8) is 0 Å². The van der Waals surface area contributed by atoms with Crippen molar-refractivity contribution in [2.75, 3.05) is 25.0 Å². The third-order valence-electron chi connectivity index (χ3n) is 3.48. The molecular formula is C15H21N3O. The Labute approximate surface area is 114 Å². The molecule has 1 aliphatic heterocycles. The molecule has 0 bridgehead atoms. The lowest BCUT2D eigenvalue weighted by molar-refractivity contribution is -0.115. The van der Waals surface area contributed by atoms with E-state index in [1.165, 1.54) is 5.69 Å². The number of carbonyl (C=O) groups excluding carboxylic acids is 1. The molecular weight excluding hydrogens is 238 g/mol. The van der Waals surface area contributed by atoms with Crippen LogP contribution in [0.4, 0.5) is 5.69 Å². The van der Waals surface area contributed by atoms with E-state index in [4.69, 9.17) is 5.73 Å². The Bertz CT molecular complexity index is 462. The maximum Gasteiger partial charge on any atom is 0.243 e. The Balaban J connectivity index is 2.16. The number of anilines is 1. The number of nitrogens with zero attached hydrogens (tertiary/aromatic N) is 1. The molecule has 1 amide bonds. The molecule has 4 heteroatoms.